The molecule has 4 heteroatoms. The predicted molar refractivity (Wildman–Crippen MR) is 68.4 cm³/mol. The first kappa shape index (κ1) is 13.4. The largest absolute Gasteiger partial charge is 0.314 e. The molecule has 1 fully saturated rings. The lowest BCUT2D eigenvalue weighted by atomic mass is 9.99. The van der Waals surface area contributed by atoms with Gasteiger partial charge in [0.1, 0.15) is 0 Å². The molecule has 0 saturated carbocycles. The summed E-state index contributed by atoms with van der Waals surface area (Å²) in [7, 11) is 0. The maximum Gasteiger partial charge on any atom is 0.159 e. The quantitative estimate of drug-likeness (QED) is 0.888. The van der Waals surface area contributed by atoms with E-state index in [4.69, 9.17) is 0 Å². The molecule has 0 spiro atoms. The fraction of sp³-hybridized carbons (Fsp3) is 0.571. The van der Waals surface area contributed by atoms with E-state index in [-0.39, 0.29) is 6.04 Å². The first-order valence-corrected chi connectivity index (χ1v) is 6.62. The van der Waals surface area contributed by atoms with Crippen molar-refractivity contribution in [1.29, 1.82) is 0 Å². The van der Waals surface area contributed by atoms with Gasteiger partial charge >= 0.3 is 0 Å². The van der Waals surface area contributed by atoms with Crippen LogP contribution in [0.15, 0.2) is 18.2 Å². The monoisotopic (exact) mass is 254 g/mol. The molecule has 0 radical (unpaired) electrons. The molecule has 1 aliphatic heterocycles. The number of rotatable bonds is 4. The minimum Gasteiger partial charge on any atom is -0.314 e. The molecule has 0 unspecified atom stereocenters. The van der Waals surface area contributed by atoms with E-state index in [2.05, 4.69) is 17.1 Å². The number of nitrogens with zero attached hydrogens (tertiary/aromatic N) is 1. The summed E-state index contributed by atoms with van der Waals surface area (Å²) in [5.41, 5.74) is 0.887. The number of piperazine rings is 1. The van der Waals surface area contributed by atoms with Crippen molar-refractivity contribution in [2.24, 2.45) is 0 Å². The molecule has 18 heavy (non-hydrogen) atoms. The number of hydrogen-bond donors (Lipinski definition) is 1. The van der Waals surface area contributed by atoms with E-state index in [1.54, 1.807) is 6.07 Å². The Morgan fingerprint density at radius 1 is 1.22 bits per heavy atom. The van der Waals surface area contributed by atoms with Crippen LogP contribution in [0.4, 0.5) is 8.78 Å². The number of benzene rings is 1. The van der Waals surface area contributed by atoms with Crippen LogP contribution in [0.3, 0.4) is 0 Å². The van der Waals surface area contributed by atoms with Gasteiger partial charge in [-0.1, -0.05) is 19.4 Å². The van der Waals surface area contributed by atoms with Gasteiger partial charge in [-0.25, -0.2) is 8.78 Å². The lowest BCUT2D eigenvalue weighted by Crippen LogP contribution is -2.45. The van der Waals surface area contributed by atoms with Gasteiger partial charge in [-0.2, -0.15) is 0 Å². The number of halogens is 2. The third-order valence-corrected chi connectivity index (χ3v) is 3.48. The summed E-state index contributed by atoms with van der Waals surface area (Å²) in [4.78, 5) is 2.35. The van der Waals surface area contributed by atoms with Crippen molar-refractivity contribution in [2.75, 3.05) is 26.2 Å². The summed E-state index contributed by atoms with van der Waals surface area (Å²) in [5, 5.41) is 3.31. The fourth-order valence-electron chi connectivity index (χ4n) is 2.55. The van der Waals surface area contributed by atoms with Gasteiger partial charge in [0.15, 0.2) is 11.6 Å². The van der Waals surface area contributed by atoms with Gasteiger partial charge in [0.05, 0.1) is 0 Å². The molecule has 1 aliphatic rings. The summed E-state index contributed by atoms with van der Waals surface area (Å²) >= 11 is 0. The fourth-order valence-corrected chi connectivity index (χ4v) is 2.55. The SMILES string of the molecule is CCC[C@@H](c1ccc(F)c(F)c1)N1CCNCC1. The van der Waals surface area contributed by atoms with Crippen molar-refractivity contribution in [1.82, 2.24) is 10.2 Å². The second kappa shape index (κ2) is 6.25. The number of hydrogen-bond acceptors (Lipinski definition) is 2. The van der Waals surface area contributed by atoms with E-state index in [0.29, 0.717) is 0 Å². The molecule has 2 nitrogen and oxygen atoms in total. The van der Waals surface area contributed by atoms with Crippen LogP contribution in [-0.4, -0.2) is 31.1 Å². The van der Waals surface area contributed by atoms with E-state index >= 15 is 0 Å². The van der Waals surface area contributed by atoms with E-state index in [1.807, 2.05) is 0 Å². The van der Waals surface area contributed by atoms with Gasteiger partial charge in [-0.05, 0) is 24.1 Å². The van der Waals surface area contributed by atoms with E-state index in [0.717, 1.165) is 44.6 Å². The molecule has 100 valence electrons. The minimum atomic E-state index is -0.769. The van der Waals surface area contributed by atoms with Crippen molar-refractivity contribution < 1.29 is 8.78 Å². The van der Waals surface area contributed by atoms with Crippen LogP contribution >= 0.6 is 0 Å². The van der Waals surface area contributed by atoms with Crippen molar-refractivity contribution in [3.63, 3.8) is 0 Å². The molecule has 0 bridgehead atoms. The van der Waals surface area contributed by atoms with Crippen molar-refractivity contribution in [3.05, 3.63) is 35.4 Å². The Balaban J connectivity index is 2.19. The Kier molecular flexibility index (Phi) is 4.66. The summed E-state index contributed by atoms with van der Waals surface area (Å²) in [6, 6.07) is 4.49. The Bertz CT molecular complexity index is 389. The van der Waals surface area contributed by atoms with Crippen LogP contribution in [-0.2, 0) is 0 Å². The smallest absolute Gasteiger partial charge is 0.159 e. The van der Waals surface area contributed by atoms with Gasteiger partial charge in [0.2, 0.25) is 0 Å². The third-order valence-electron chi connectivity index (χ3n) is 3.48. The molecule has 0 aliphatic carbocycles. The van der Waals surface area contributed by atoms with E-state index in [9.17, 15) is 8.78 Å². The molecule has 1 saturated heterocycles. The zero-order valence-electron chi connectivity index (χ0n) is 10.8. The van der Waals surface area contributed by atoms with Gasteiger partial charge in [-0.3, -0.25) is 4.90 Å². The van der Waals surface area contributed by atoms with Crippen LogP contribution < -0.4 is 5.32 Å². The highest BCUT2D eigenvalue weighted by atomic mass is 19.2. The van der Waals surface area contributed by atoms with E-state index in [1.165, 1.54) is 12.1 Å². The van der Waals surface area contributed by atoms with Gasteiger partial charge < -0.3 is 5.32 Å². The lowest BCUT2D eigenvalue weighted by Gasteiger charge is -2.35. The van der Waals surface area contributed by atoms with Crippen LogP contribution in [0.5, 0.6) is 0 Å². The molecule has 1 aromatic carbocycles. The molecule has 1 N–H and O–H groups in total. The van der Waals surface area contributed by atoms with Crippen molar-refractivity contribution in [2.45, 2.75) is 25.8 Å². The van der Waals surface area contributed by atoms with Crippen molar-refractivity contribution in [3.8, 4) is 0 Å². The average molecular weight is 254 g/mol. The minimum absolute atomic E-state index is 0.201. The Hall–Kier alpha value is -1.00. The highest BCUT2D eigenvalue weighted by Crippen LogP contribution is 2.27. The molecule has 0 aromatic heterocycles. The Morgan fingerprint density at radius 2 is 1.94 bits per heavy atom. The summed E-state index contributed by atoms with van der Waals surface area (Å²) < 4.78 is 26.3. The van der Waals surface area contributed by atoms with Crippen LogP contribution in [0.25, 0.3) is 0 Å². The zero-order valence-corrected chi connectivity index (χ0v) is 10.8. The van der Waals surface area contributed by atoms with Gasteiger partial charge in [-0.15, -0.1) is 0 Å². The molecule has 1 aromatic rings. The van der Waals surface area contributed by atoms with Gasteiger partial charge in [0.25, 0.3) is 0 Å². The molecule has 1 heterocycles. The molecule has 1 atom stereocenters. The zero-order chi connectivity index (χ0) is 13.0. The maximum atomic E-state index is 13.3. The molecular weight excluding hydrogens is 234 g/mol. The molecular formula is C14H20F2N2. The van der Waals surface area contributed by atoms with Crippen LogP contribution in [0.2, 0.25) is 0 Å². The third kappa shape index (κ3) is 3.06. The second-order valence-corrected chi connectivity index (χ2v) is 4.76. The van der Waals surface area contributed by atoms with Crippen molar-refractivity contribution >= 4 is 0 Å². The number of nitrogens with one attached hydrogen (secondary N) is 1. The van der Waals surface area contributed by atoms with Crippen LogP contribution in [0.1, 0.15) is 31.4 Å². The standard InChI is InChI=1S/C14H20F2N2/c1-2-3-14(18-8-6-17-7-9-18)11-4-5-12(15)13(16)10-11/h4-5,10,14,17H,2-3,6-9H2,1H3/t14-/m0/s1. The normalized spacial score (nSPS) is 18.8. The first-order valence-electron chi connectivity index (χ1n) is 6.62. The average Bonchev–Trinajstić information content (AvgIpc) is 2.40. The maximum absolute atomic E-state index is 13.3. The molecule has 2 rings (SSSR count). The first-order chi connectivity index (χ1) is 8.72. The molecule has 0 amide bonds. The van der Waals surface area contributed by atoms with E-state index < -0.39 is 11.6 Å². The summed E-state index contributed by atoms with van der Waals surface area (Å²) in [5.74, 6) is -1.52. The van der Waals surface area contributed by atoms with Gasteiger partial charge in [0, 0.05) is 32.2 Å². The highest BCUT2D eigenvalue weighted by molar-refractivity contribution is 5.21. The predicted octanol–water partition coefficient (Wildman–Crippen LogP) is 2.71. The summed E-state index contributed by atoms with van der Waals surface area (Å²) in [6.45, 7) is 5.97. The second-order valence-electron chi connectivity index (χ2n) is 4.76. The Morgan fingerprint density at radius 3 is 2.56 bits per heavy atom. The lowest BCUT2D eigenvalue weighted by molar-refractivity contribution is 0.164. The van der Waals surface area contributed by atoms with Crippen LogP contribution in [0, 0.1) is 11.6 Å². The summed E-state index contributed by atoms with van der Waals surface area (Å²) in [6.07, 6.45) is 2.01. The Labute approximate surface area is 107 Å². The highest BCUT2D eigenvalue weighted by Gasteiger charge is 2.22. The topological polar surface area (TPSA) is 15.3 Å².